The standard InChI is InChI=1S/C28H36N4O4/c1-5-27(2)17-23(33)32(26(29)31-27)22(13-14-36-4)18-10-8-11-19(15-18)25(34)30-24-21-12-7-6-9-20(21)16-28(24,3)35/h6-12,15,22,24,35H,5,13-14,16-17H2,1-4H3,(H2,29,31)(H,30,34)/t22-,24-,27?,28?/m1/s1. The number of carbonyl (C=O) groups is 2. The van der Waals surface area contributed by atoms with Gasteiger partial charge >= 0.3 is 0 Å². The molecular formula is C28H36N4O4. The topological polar surface area (TPSA) is 117 Å². The summed E-state index contributed by atoms with van der Waals surface area (Å²) in [6.45, 7) is 6.07. The lowest BCUT2D eigenvalue weighted by Gasteiger charge is -2.39. The van der Waals surface area contributed by atoms with Crippen molar-refractivity contribution in [1.82, 2.24) is 10.2 Å². The van der Waals surface area contributed by atoms with E-state index in [1.165, 1.54) is 4.90 Å². The largest absolute Gasteiger partial charge is 0.387 e. The zero-order valence-electron chi connectivity index (χ0n) is 21.5. The summed E-state index contributed by atoms with van der Waals surface area (Å²) in [4.78, 5) is 32.7. The van der Waals surface area contributed by atoms with E-state index in [0.29, 0.717) is 31.4 Å². The fourth-order valence-electron chi connectivity index (χ4n) is 5.25. The first-order valence-electron chi connectivity index (χ1n) is 12.5. The van der Waals surface area contributed by atoms with Gasteiger partial charge in [0.1, 0.15) is 0 Å². The summed E-state index contributed by atoms with van der Waals surface area (Å²) in [5.74, 6) is -0.207. The van der Waals surface area contributed by atoms with Crippen LogP contribution in [0, 0.1) is 0 Å². The molecule has 0 fully saturated rings. The Bertz CT molecular complexity index is 1180. The summed E-state index contributed by atoms with van der Waals surface area (Å²) in [7, 11) is 1.61. The Kier molecular flexibility index (Phi) is 7.20. The number of benzene rings is 2. The Balaban J connectivity index is 1.62. The van der Waals surface area contributed by atoms with Gasteiger partial charge in [0.05, 0.1) is 29.6 Å². The molecule has 4 atom stereocenters. The molecule has 2 unspecified atom stereocenters. The highest BCUT2D eigenvalue weighted by Gasteiger charge is 2.42. The molecule has 2 amide bonds. The minimum atomic E-state index is -1.09. The monoisotopic (exact) mass is 492 g/mol. The lowest BCUT2D eigenvalue weighted by atomic mass is 9.91. The number of methoxy groups -OCH3 is 1. The molecule has 36 heavy (non-hydrogen) atoms. The van der Waals surface area contributed by atoms with Crippen molar-refractivity contribution >= 4 is 17.8 Å². The van der Waals surface area contributed by atoms with Crippen LogP contribution in [0.1, 0.15) is 79.2 Å². The summed E-state index contributed by atoms with van der Waals surface area (Å²) >= 11 is 0. The average molecular weight is 493 g/mol. The number of hydrogen-bond donors (Lipinski definition) is 3. The molecule has 0 aromatic heterocycles. The van der Waals surface area contributed by atoms with Gasteiger partial charge in [-0.3, -0.25) is 14.5 Å². The molecule has 2 aromatic rings. The highest BCUT2D eigenvalue weighted by Crippen LogP contribution is 2.39. The summed E-state index contributed by atoms with van der Waals surface area (Å²) in [5, 5.41) is 14.0. The average Bonchev–Trinajstić information content (AvgIpc) is 3.10. The van der Waals surface area contributed by atoms with E-state index in [9.17, 15) is 14.7 Å². The van der Waals surface area contributed by atoms with Crippen LogP contribution in [0.25, 0.3) is 0 Å². The van der Waals surface area contributed by atoms with E-state index in [-0.39, 0.29) is 24.2 Å². The molecule has 2 aliphatic rings. The van der Waals surface area contributed by atoms with Gasteiger partial charge in [-0.05, 0) is 55.5 Å². The number of amides is 2. The number of aliphatic imine (C=N–C) groups is 1. The molecule has 192 valence electrons. The van der Waals surface area contributed by atoms with Gasteiger partial charge in [0.15, 0.2) is 5.96 Å². The fraction of sp³-hybridized carbons (Fsp3) is 0.464. The second kappa shape index (κ2) is 10.0. The first-order valence-corrected chi connectivity index (χ1v) is 12.5. The van der Waals surface area contributed by atoms with Crippen molar-refractivity contribution in [2.24, 2.45) is 10.7 Å². The van der Waals surface area contributed by atoms with Gasteiger partial charge in [0.25, 0.3) is 5.91 Å². The molecule has 8 nitrogen and oxygen atoms in total. The van der Waals surface area contributed by atoms with Crippen LogP contribution in [0.2, 0.25) is 0 Å². The maximum absolute atomic E-state index is 13.3. The third kappa shape index (κ3) is 5.01. The zero-order chi connectivity index (χ0) is 26.1. The van der Waals surface area contributed by atoms with Gasteiger partial charge in [0.2, 0.25) is 5.91 Å². The van der Waals surface area contributed by atoms with Crippen LogP contribution in [0.5, 0.6) is 0 Å². The Morgan fingerprint density at radius 1 is 1.25 bits per heavy atom. The van der Waals surface area contributed by atoms with Crippen molar-refractivity contribution in [3.63, 3.8) is 0 Å². The molecular weight excluding hydrogens is 456 g/mol. The first-order chi connectivity index (χ1) is 17.1. The Hall–Kier alpha value is -3.23. The second-order valence-electron chi connectivity index (χ2n) is 10.3. The number of nitrogens with one attached hydrogen (secondary N) is 1. The summed E-state index contributed by atoms with van der Waals surface area (Å²) in [5.41, 5.74) is 7.87. The summed E-state index contributed by atoms with van der Waals surface area (Å²) in [6.07, 6.45) is 1.94. The molecule has 0 bridgehead atoms. The number of nitrogens with two attached hydrogens (primary N) is 1. The maximum Gasteiger partial charge on any atom is 0.251 e. The van der Waals surface area contributed by atoms with E-state index in [0.717, 1.165) is 16.7 Å². The number of rotatable bonds is 8. The molecule has 2 aromatic carbocycles. The SMILES string of the molecule is CCC1(C)CC(=O)N([C@H](CCOC)c2cccc(C(=O)N[C@@H]3c4ccccc4CC3(C)O)c2)C(N)=N1. The summed E-state index contributed by atoms with van der Waals surface area (Å²) < 4.78 is 5.31. The molecule has 1 aliphatic carbocycles. The Morgan fingerprint density at radius 2 is 2.00 bits per heavy atom. The fourth-order valence-corrected chi connectivity index (χ4v) is 5.25. The Morgan fingerprint density at radius 3 is 2.69 bits per heavy atom. The quantitative estimate of drug-likeness (QED) is 0.523. The highest BCUT2D eigenvalue weighted by atomic mass is 16.5. The number of aliphatic hydroxyl groups is 1. The molecule has 0 saturated carbocycles. The van der Waals surface area contributed by atoms with Crippen molar-refractivity contribution in [3.05, 3.63) is 70.8 Å². The minimum Gasteiger partial charge on any atom is -0.387 e. The number of hydrogen-bond acceptors (Lipinski definition) is 6. The molecule has 0 spiro atoms. The minimum absolute atomic E-state index is 0.0959. The van der Waals surface area contributed by atoms with E-state index in [4.69, 9.17) is 10.5 Å². The van der Waals surface area contributed by atoms with Crippen LogP contribution >= 0.6 is 0 Å². The predicted octanol–water partition coefficient (Wildman–Crippen LogP) is 3.26. The van der Waals surface area contributed by atoms with Crippen molar-refractivity contribution < 1.29 is 19.4 Å². The number of nitrogens with zero attached hydrogens (tertiary/aromatic N) is 2. The maximum atomic E-state index is 13.3. The van der Waals surface area contributed by atoms with Crippen LogP contribution < -0.4 is 11.1 Å². The molecule has 0 radical (unpaired) electrons. The van der Waals surface area contributed by atoms with Crippen molar-refractivity contribution in [2.45, 2.75) is 69.7 Å². The number of guanidine groups is 1. The zero-order valence-corrected chi connectivity index (χ0v) is 21.5. The molecule has 1 heterocycles. The molecule has 8 heteroatoms. The Labute approximate surface area is 212 Å². The highest BCUT2D eigenvalue weighted by molar-refractivity contribution is 5.99. The van der Waals surface area contributed by atoms with Crippen LogP contribution in [0.4, 0.5) is 0 Å². The predicted molar refractivity (Wildman–Crippen MR) is 138 cm³/mol. The van der Waals surface area contributed by atoms with Gasteiger partial charge in [0, 0.05) is 25.7 Å². The summed E-state index contributed by atoms with van der Waals surface area (Å²) in [6, 6.07) is 14.0. The molecule has 1 aliphatic heterocycles. The molecule has 4 N–H and O–H groups in total. The number of ether oxygens (including phenoxy) is 1. The number of fused-ring (bicyclic) bond motifs is 1. The second-order valence-corrected chi connectivity index (χ2v) is 10.3. The van der Waals surface area contributed by atoms with Crippen LogP contribution in [0.15, 0.2) is 53.5 Å². The van der Waals surface area contributed by atoms with E-state index >= 15 is 0 Å². The normalized spacial score (nSPS) is 26.4. The van der Waals surface area contributed by atoms with Crippen LogP contribution in [-0.2, 0) is 16.0 Å². The van der Waals surface area contributed by atoms with Gasteiger partial charge in [-0.2, -0.15) is 0 Å². The van der Waals surface area contributed by atoms with E-state index in [2.05, 4.69) is 10.3 Å². The van der Waals surface area contributed by atoms with Gasteiger partial charge in [-0.25, -0.2) is 4.99 Å². The first kappa shape index (κ1) is 25.9. The third-order valence-corrected chi connectivity index (χ3v) is 7.45. The van der Waals surface area contributed by atoms with Crippen LogP contribution in [0.3, 0.4) is 0 Å². The number of carbonyl (C=O) groups excluding carboxylic acids is 2. The van der Waals surface area contributed by atoms with E-state index < -0.39 is 23.2 Å². The molecule has 4 rings (SSSR count). The van der Waals surface area contributed by atoms with E-state index in [1.54, 1.807) is 32.2 Å². The smallest absolute Gasteiger partial charge is 0.251 e. The third-order valence-electron chi connectivity index (χ3n) is 7.45. The van der Waals surface area contributed by atoms with Gasteiger partial charge < -0.3 is 20.9 Å². The lowest BCUT2D eigenvalue weighted by Crippen LogP contribution is -2.52. The molecule has 0 saturated heterocycles. The van der Waals surface area contributed by atoms with Crippen molar-refractivity contribution in [1.29, 1.82) is 0 Å². The van der Waals surface area contributed by atoms with Gasteiger partial charge in [-0.1, -0.05) is 43.3 Å². The van der Waals surface area contributed by atoms with Gasteiger partial charge in [-0.15, -0.1) is 0 Å². The van der Waals surface area contributed by atoms with E-state index in [1.807, 2.05) is 44.2 Å². The van der Waals surface area contributed by atoms with Crippen molar-refractivity contribution in [2.75, 3.05) is 13.7 Å². The lowest BCUT2D eigenvalue weighted by molar-refractivity contribution is -0.131. The van der Waals surface area contributed by atoms with Crippen LogP contribution in [-0.4, -0.2) is 52.6 Å². The van der Waals surface area contributed by atoms with Crippen molar-refractivity contribution in [3.8, 4) is 0 Å².